The van der Waals surface area contributed by atoms with Crippen LogP contribution >= 0.6 is 0 Å². The molecule has 51 heavy (non-hydrogen) atoms. The summed E-state index contributed by atoms with van der Waals surface area (Å²) in [7, 11) is -3.31. The minimum atomic E-state index is -2.91. The van der Waals surface area contributed by atoms with E-state index in [0.29, 0.717) is 19.8 Å². The molecule has 0 radical (unpaired) electrons. The van der Waals surface area contributed by atoms with Gasteiger partial charge in [-0.25, -0.2) is 0 Å². The van der Waals surface area contributed by atoms with Crippen LogP contribution in [-0.2, 0) is 25.0 Å². The molecule has 3 aromatic carbocycles. The first kappa shape index (κ1) is 39.4. The summed E-state index contributed by atoms with van der Waals surface area (Å²) in [6.45, 7) is 22.4. The lowest BCUT2D eigenvalue weighted by atomic mass is 9.61. The third-order valence-corrected chi connectivity index (χ3v) is 21.6. The third kappa shape index (κ3) is 8.54. The molecule has 276 valence electrons. The molecule has 0 N–H and O–H groups in total. The first-order chi connectivity index (χ1) is 24.1. The molecule has 2 aliphatic carbocycles. The van der Waals surface area contributed by atoms with E-state index in [9.17, 15) is 0 Å². The maximum atomic E-state index is 15.2. The molecule has 3 aromatic rings. The minimum Gasteiger partial charge on any atom is -0.497 e. The van der Waals surface area contributed by atoms with Crippen LogP contribution in [0.25, 0.3) is 0 Å². The highest BCUT2D eigenvalue weighted by Crippen LogP contribution is 2.48. The molecule has 0 unspecified atom stereocenters. The van der Waals surface area contributed by atoms with Crippen LogP contribution in [-0.4, -0.2) is 48.8 Å². The van der Waals surface area contributed by atoms with Crippen LogP contribution < -0.4 is 15.1 Å². The largest absolute Gasteiger partial charge is 0.497 e. The van der Waals surface area contributed by atoms with E-state index in [4.69, 9.17) is 18.3 Å². The van der Waals surface area contributed by atoms with Gasteiger partial charge in [-0.3, -0.25) is 4.79 Å². The number of carbonyl (C=O) groups is 1. The normalized spacial score (nSPS) is 23.1. The summed E-state index contributed by atoms with van der Waals surface area (Å²) in [6.07, 6.45) is 4.47. The first-order valence-electron chi connectivity index (χ1n) is 18.9. The summed E-state index contributed by atoms with van der Waals surface area (Å²) in [4.78, 5) is 15.2. The number of ether oxygens (including phenoxy) is 2. The van der Waals surface area contributed by atoms with Crippen LogP contribution in [0.15, 0.2) is 96.6 Å². The second-order valence-corrected chi connectivity index (χ2v) is 26.4. The molecule has 5 atom stereocenters. The molecule has 0 saturated heterocycles. The van der Waals surface area contributed by atoms with Crippen molar-refractivity contribution in [3.63, 3.8) is 0 Å². The second kappa shape index (κ2) is 16.1. The molecule has 2 aliphatic rings. The zero-order valence-electron chi connectivity index (χ0n) is 32.8. The van der Waals surface area contributed by atoms with Gasteiger partial charge in [0, 0.05) is 19.1 Å². The van der Waals surface area contributed by atoms with Crippen molar-refractivity contribution in [2.45, 2.75) is 104 Å². The molecule has 0 aromatic heterocycles. The molecular weight excluding hydrogens is 665 g/mol. The van der Waals surface area contributed by atoms with Crippen LogP contribution in [0.4, 0.5) is 0 Å². The van der Waals surface area contributed by atoms with E-state index in [1.807, 2.05) is 12.1 Å². The molecule has 0 bridgehead atoms. The maximum Gasteiger partial charge on any atom is 0.262 e. The smallest absolute Gasteiger partial charge is 0.262 e. The second-order valence-electron chi connectivity index (χ2n) is 17.4. The summed E-state index contributed by atoms with van der Waals surface area (Å²) in [6, 6.07) is 29.5. The summed E-state index contributed by atoms with van der Waals surface area (Å²) < 4.78 is 26.2. The van der Waals surface area contributed by atoms with E-state index < -0.39 is 22.7 Å². The topological polar surface area (TPSA) is 54.0 Å². The molecule has 7 heteroatoms. The quantitative estimate of drug-likeness (QED) is 0.0999. The number of allylic oxidation sites excluding steroid dienone is 2. The van der Waals surface area contributed by atoms with E-state index in [2.05, 4.69) is 140 Å². The Morgan fingerprint density at radius 1 is 0.784 bits per heavy atom. The highest BCUT2D eigenvalue weighted by Gasteiger charge is 2.55. The Morgan fingerprint density at radius 2 is 1.37 bits per heavy atom. The van der Waals surface area contributed by atoms with Gasteiger partial charge in [0.1, 0.15) is 11.9 Å². The Labute approximate surface area is 310 Å². The Morgan fingerprint density at radius 3 is 1.90 bits per heavy atom. The molecule has 0 aliphatic heterocycles. The Bertz CT molecular complexity index is 1570. The van der Waals surface area contributed by atoms with Gasteiger partial charge in [0.2, 0.25) is 0 Å². The van der Waals surface area contributed by atoms with Crippen LogP contribution in [0.3, 0.4) is 0 Å². The highest BCUT2D eigenvalue weighted by molar-refractivity contribution is 6.99. The van der Waals surface area contributed by atoms with Gasteiger partial charge in [-0.05, 0) is 95.2 Å². The zero-order chi connectivity index (χ0) is 37.0. The van der Waals surface area contributed by atoms with Crippen molar-refractivity contribution in [2.24, 2.45) is 23.7 Å². The third-order valence-electron chi connectivity index (χ3n) is 12.1. The van der Waals surface area contributed by atoms with E-state index in [-0.39, 0.29) is 39.5 Å². The van der Waals surface area contributed by atoms with Gasteiger partial charge in [0.15, 0.2) is 14.1 Å². The summed E-state index contributed by atoms with van der Waals surface area (Å²) >= 11 is 0. The minimum absolute atomic E-state index is 0.0664. The fraction of sp³-hybridized carbons (Fsp3) is 0.523. The van der Waals surface area contributed by atoms with Crippen molar-refractivity contribution in [3.8, 4) is 5.75 Å². The van der Waals surface area contributed by atoms with Crippen LogP contribution in [0.1, 0.15) is 73.3 Å². The van der Waals surface area contributed by atoms with E-state index >= 15 is 4.79 Å². The Kier molecular flexibility index (Phi) is 12.4. The van der Waals surface area contributed by atoms with Crippen LogP contribution in [0.2, 0.25) is 23.2 Å². The van der Waals surface area contributed by atoms with Crippen molar-refractivity contribution >= 4 is 32.8 Å². The van der Waals surface area contributed by atoms with E-state index in [0.717, 1.165) is 30.6 Å². The fourth-order valence-corrected chi connectivity index (χ4v) is 13.9. The standard InChI is InChI=1S/C44H62O5Si2/c1-32-29-34-23-26-40(49-51(44(5,6)7,36-17-13-11-14-18-36)37-19-15-12-16-20-37)42(45)41(34)39(31-48-50(9,10)43(2,3)4)38(32)27-28-47-30-33-21-24-35(46-8)25-22-33/h11-22,24-25,29,34,38-41H,23,26-28,30-31H2,1-10H3/t34-,38+,39+,40+,41-/m0/s1. The van der Waals surface area contributed by atoms with Gasteiger partial charge in [0.05, 0.1) is 13.7 Å². The van der Waals surface area contributed by atoms with E-state index in [1.54, 1.807) is 7.11 Å². The summed E-state index contributed by atoms with van der Waals surface area (Å²) in [5.41, 5.74) is 2.49. The lowest BCUT2D eigenvalue weighted by Crippen LogP contribution is -2.69. The van der Waals surface area contributed by atoms with Crippen molar-refractivity contribution < 1.29 is 23.1 Å². The van der Waals surface area contributed by atoms with Gasteiger partial charge < -0.3 is 18.3 Å². The van der Waals surface area contributed by atoms with Gasteiger partial charge >= 0.3 is 0 Å². The first-order valence-corrected chi connectivity index (χ1v) is 23.8. The summed E-state index contributed by atoms with van der Waals surface area (Å²) in [5, 5.41) is 2.30. The number of hydrogen-bond donors (Lipinski definition) is 0. The molecule has 1 saturated carbocycles. The van der Waals surface area contributed by atoms with Crippen molar-refractivity contribution in [2.75, 3.05) is 20.3 Å². The fourth-order valence-electron chi connectivity index (χ4n) is 8.18. The van der Waals surface area contributed by atoms with Crippen molar-refractivity contribution in [1.29, 1.82) is 0 Å². The zero-order valence-corrected chi connectivity index (χ0v) is 34.8. The number of ketones is 1. The average molecular weight is 727 g/mol. The monoisotopic (exact) mass is 726 g/mol. The number of hydrogen-bond acceptors (Lipinski definition) is 5. The van der Waals surface area contributed by atoms with Crippen LogP contribution in [0, 0.1) is 23.7 Å². The number of benzene rings is 3. The average Bonchev–Trinajstić information content (AvgIpc) is 3.09. The maximum absolute atomic E-state index is 15.2. The van der Waals surface area contributed by atoms with E-state index in [1.165, 1.54) is 15.9 Å². The molecule has 0 amide bonds. The van der Waals surface area contributed by atoms with Gasteiger partial charge in [0.25, 0.3) is 8.32 Å². The lowest BCUT2D eigenvalue weighted by molar-refractivity contribution is -0.139. The van der Waals surface area contributed by atoms with Crippen LogP contribution in [0.5, 0.6) is 5.75 Å². The SMILES string of the molecule is COc1ccc(COCC[C@@H]2C(C)=C[C@@H]3CC[C@@H](O[Si](c4ccccc4)(c4ccccc4)C(C)(C)C)C(=O)[C@@H]3[C@@H]2CO[Si](C)(C)C(C)(C)C)cc1. The number of Topliss-reactive ketones (excluding diaryl/α,β-unsaturated/α-hetero) is 1. The Balaban J connectivity index is 1.45. The predicted octanol–water partition coefficient (Wildman–Crippen LogP) is 9.36. The Hall–Kier alpha value is -2.82. The number of rotatable bonds is 13. The van der Waals surface area contributed by atoms with Gasteiger partial charge in [-0.2, -0.15) is 0 Å². The van der Waals surface area contributed by atoms with Crippen molar-refractivity contribution in [3.05, 3.63) is 102 Å². The molecule has 0 spiro atoms. The van der Waals surface area contributed by atoms with Gasteiger partial charge in [-0.1, -0.05) is 126 Å². The molecule has 1 fully saturated rings. The van der Waals surface area contributed by atoms with Gasteiger partial charge in [-0.15, -0.1) is 0 Å². The molecule has 5 nitrogen and oxygen atoms in total. The highest BCUT2D eigenvalue weighted by atomic mass is 28.4. The van der Waals surface area contributed by atoms with Crippen molar-refractivity contribution in [1.82, 2.24) is 0 Å². The molecular formula is C44H62O5Si2. The summed E-state index contributed by atoms with van der Waals surface area (Å²) in [5.74, 6) is 1.41. The number of carbonyl (C=O) groups excluding carboxylic acids is 1. The molecule has 0 heterocycles. The number of methoxy groups -OCH3 is 1. The molecule has 5 rings (SSSR count). The predicted molar refractivity (Wildman–Crippen MR) is 215 cm³/mol. The lowest BCUT2D eigenvalue weighted by Gasteiger charge is -2.50. The number of fused-ring (bicyclic) bond motifs is 1.